The standard InChI is InChI=1S/C22H23FN4O2/c1-15-7-8-18(14-19(15)23)21(28)25-12-13-27-22(29)26-11-9-17-5-2-4-16-6-3-10-24-20(16)17/h2-8,10,14H,9,11-13H2,1H3,(H,25,28)(H2,26,27,29). The van der Waals surface area contributed by atoms with E-state index in [1.165, 1.54) is 6.07 Å². The van der Waals surface area contributed by atoms with E-state index >= 15 is 0 Å². The van der Waals surface area contributed by atoms with E-state index in [4.69, 9.17) is 0 Å². The minimum atomic E-state index is -0.420. The zero-order valence-electron chi connectivity index (χ0n) is 16.2. The molecule has 6 nitrogen and oxygen atoms in total. The number of pyridine rings is 1. The number of aryl methyl sites for hydroxylation is 1. The molecule has 150 valence electrons. The highest BCUT2D eigenvalue weighted by molar-refractivity contribution is 5.94. The van der Waals surface area contributed by atoms with E-state index in [1.807, 2.05) is 30.3 Å². The first kappa shape index (κ1) is 20.3. The van der Waals surface area contributed by atoms with E-state index < -0.39 is 5.82 Å². The fourth-order valence-corrected chi connectivity index (χ4v) is 2.93. The molecule has 0 bridgehead atoms. The Kier molecular flexibility index (Phi) is 6.73. The number of aromatic nitrogens is 1. The van der Waals surface area contributed by atoms with Gasteiger partial charge in [0.15, 0.2) is 0 Å². The predicted molar refractivity (Wildman–Crippen MR) is 110 cm³/mol. The first-order chi connectivity index (χ1) is 14.0. The molecule has 0 saturated carbocycles. The fourth-order valence-electron chi connectivity index (χ4n) is 2.93. The lowest BCUT2D eigenvalue weighted by atomic mass is 10.1. The highest BCUT2D eigenvalue weighted by atomic mass is 19.1. The van der Waals surface area contributed by atoms with E-state index in [-0.39, 0.29) is 30.6 Å². The summed E-state index contributed by atoms with van der Waals surface area (Å²) in [5.41, 5.74) is 2.74. The lowest BCUT2D eigenvalue weighted by Gasteiger charge is -2.10. The maximum absolute atomic E-state index is 13.5. The molecule has 1 aromatic heterocycles. The number of carbonyl (C=O) groups excluding carboxylic acids is 2. The van der Waals surface area contributed by atoms with Crippen LogP contribution in [-0.4, -0.2) is 36.6 Å². The average molecular weight is 394 g/mol. The summed E-state index contributed by atoms with van der Waals surface area (Å²) in [7, 11) is 0. The highest BCUT2D eigenvalue weighted by Crippen LogP contribution is 2.15. The van der Waals surface area contributed by atoms with Gasteiger partial charge in [0, 0.05) is 36.8 Å². The molecule has 1 heterocycles. The van der Waals surface area contributed by atoms with Crippen LogP contribution in [0.2, 0.25) is 0 Å². The van der Waals surface area contributed by atoms with Crippen LogP contribution in [0.1, 0.15) is 21.5 Å². The number of fused-ring (bicyclic) bond motifs is 1. The zero-order chi connectivity index (χ0) is 20.6. The summed E-state index contributed by atoms with van der Waals surface area (Å²) in [5.74, 6) is -0.800. The van der Waals surface area contributed by atoms with Gasteiger partial charge in [-0.15, -0.1) is 0 Å². The lowest BCUT2D eigenvalue weighted by Crippen LogP contribution is -2.40. The third-order valence-electron chi connectivity index (χ3n) is 4.53. The van der Waals surface area contributed by atoms with Crippen molar-refractivity contribution in [3.63, 3.8) is 0 Å². The molecule has 0 fully saturated rings. The smallest absolute Gasteiger partial charge is 0.314 e. The van der Waals surface area contributed by atoms with Gasteiger partial charge in [0.25, 0.3) is 5.91 Å². The van der Waals surface area contributed by atoms with Crippen molar-refractivity contribution < 1.29 is 14.0 Å². The molecule has 3 aromatic rings. The van der Waals surface area contributed by atoms with Gasteiger partial charge in [-0.25, -0.2) is 9.18 Å². The van der Waals surface area contributed by atoms with Gasteiger partial charge in [0.05, 0.1) is 5.52 Å². The summed E-state index contributed by atoms with van der Waals surface area (Å²) in [5, 5.41) is 9.18. The maximum atomic E-state index is 13.5. The van der Waals surface area contributed by atoms with Crippen LogP contribution in [0.25, 0.3) is 10.9 Å². The number of carbonyl (C=O) groups is 2. The number of nitrogens with zero attached hydrogens (tertiary/aromatic N) is 1. The van der Waals surface area contributed by atoms with E-state index in [0.717, 1.165) is 16.5 Å². The fraction of sp³-hybridized carbons (Fsp3) is 0.227. The maximum Gasteiger partial charge on any atom is 0.314 e. The molecule has 3 rings (SSSR count). The Labute approximate surface area is 168 Å². The van der Waals surface area contributed by atoms with Crippen molar-refractivity contribution in [1.82, 2.24) is 20.9 Å². The van der Waals surface area contributed by atoms with E-state index in [9.17, 15) is 14.0 Å². The van der Waals surface area contributed by atoms with Crippen molar-refractivity contribution in [2.24, 2.45) is 0 Å². The molecule has 0 saturated heterocycles. The summed E-state index contributed by atoms with van der Waals surface area (Å²) in [4.78, 5) is 28.3. The summed E-state index contributed by atoms with van der Waals surface area (Å²) in [6.45, 7) is 2.61. The molecule has 3 amide bonds. The lowest BCUT2D eigenvalue weighted by molar-refractivity contribution is 0.0953. The molecule has 0 aliphatic carbocycles. The number of halogens is 1. The first-order valence-corrected chi connectivity index (χ1v) is 9.43. The molecule has 7 heteroatoms. The van der Waals surface area contributed by atoms with Gasteiger partial charge in [-0.3, -0.25) is 9.78 Å². The molecular weight excluding hydrogens is 371 g/mol. The number of nitrogens with one attached hydrogen (secondary N) is 3. The second-order valence-corrected chi connectivity index (χ2v) is 6.64. The van der Waals surface area contributed by atoms with Crippen molar-refractivity contribution in [1.29, 1.82) is 0 Å². The Bertz CT molecular complexity index is 1020. The topological polar surface area (TPSA) is 83.1 Å². The van der Waals surface area contributed by atoms with Gasteiger partial charge in [-0.05, 0) is 42.7 Å². The molecule has 0 aliphatic rings. The summed E-state index contributed by atoms with van der Waals surface area (Å²) in [6.07, 6.45) is 2.42. The van der Waals surface area contributed by atoms with Crippen molar-refractivity contribution in [2.75, 3.05) is 19.6 Å². The van der Waals surface area contributed by atoms with Crippen LogP contribution in [0.4, 0.5) is 9.18 Å². The quantitative estimate of drug-likeness (QED) is 0.539. The van der Waals surface area contributed by atoms with Crippen LogP contribution in [0.3, 0.4) is 0 Å². The first-order valence-electron chi connectivity index (χ1n) is 9.43. The Morgan fingerprint density at radius 1 is 0.966 bits per heavy atom. The molecule has 0 spiro atoms. The SMILES string of the molecule is Cc1ccc(C(=O)NCCNC(=O)NCCc2cccc3cccnc23)cc1F. The highest BCUT2D eigenvalue weighted by Gasteiger charge is 2.08. The van der Waals surface area contributed by atoms with Gasteiger partial charge in [-0.2, -0.15) is 0 Å². The summed E-state index contributed by atoms with van der Waals surface area (Å²) in [6, 6.07) is 13.9. The van der Waals surface area contributed by atoms with Gasteiger partial charge in [-0.1, -0.05) is 30.3 Å². The van der Waals surface area contributed by atoms with Gasteiger partial charge >= 0.3 is 6.03 Å². The Morgan fingerprint density at radius 3 is 2.55 bits per heavy atom. The number of hydrogen-bond donors (Lipinski definition) is 3. The average Bonchev–Trinajstić information content (AvgIpc) is 2.73. The van der Waals surface area contributed by atoms with Crippen molar-refractivity contribution >= 4 is 22.8 Å². The number of para-hydroxylation sites is 1. The van der Waals surface area contributed by atoms with Crippen molar-refractivity contribution in [3.05, 3.63) is 77.2 Å². The van der Waals surface area contributed by atoms with Crippen molar-refractivity contribution in [2.45, 2.75) is 13.3 Å². The van der Waals surface area contributed by atoms with E-state index in [2.05, 4.69) is 20.9 Å². The molecule has 0 atom stereocenters. The molecule has 3 N–H and O–H groups in total. The Balaban J connectivity index is 1.37. The molecule has 2 aromatic carbocycles. The van der Waals surface area contributed by atoms with Crippen LogP contribution in [-0.2, 0) is 6.42 Å². The van der Waals surface area contributed by atoms with Crippen LogP contribution < -0.4 is 16.0 Å². The molecule has 29 heavy (non-hydrogen) atoms. The zero-order valence-corrected chi connectivity index (χ0v) is 16.2. The number of benzene rings is 2. The molecule has 0 aliphatic heterocycles. The van der Waals surface area contributed by atoms with E-state index in [1.54, 1.807) is 25.3 Å². The number of urea groups is 1. The second kappa shape index (κ2) is 9.64. The van der Waals surface area contributed by atoms with Crippen LogP contribution in [0, 0.1) is 12.7 Å². The van der Waals surface area contributed by atoms with Crippen LogP contribution in [0.5, 0.6) is 0 Å². The molecule has 0 radical (unpaired) electrons. The predicted octanol–water partition coefficient (Wildman–Crippen LogP) is 2.95. The van der Waals surface area contributed by atoms with Crippen LogP contribution >= 0.6 is 0 Å². The largest absolute Gasteiger partial charge is 0.350 e. The van der Waals surface area contributed by atoms with Gasteiger partial charge in [0.2, 0.25) is 0 Å². The second-order valence-electron chi connectivity index (χ2n) is 6.64. The number of rotatable bonds is 7. The number of hydrogen-bond acceptors (Lipinski definition) is 3. The summed E-state index contributed by atoms with van der Waals surface area (Å²) >= 11 is 0. The Hall–Kier alpha value is -3.48. The summed E-state index contributed by atoms with van der Waals surface area (Å²) < 4.78 is 13.5. The monoisotopic (exact) mass is 394 g/mol. The number of amides is 3. The molecule has 0 unspecified atom stereocenters. The minimum Gasteiger partial charge on any atom is -0.350 e. The third kappa shape index (κ3) is 5.51. The third-order valence-corrected chi connectivity index (χ3v) is 4.53. The van der Waals surface area contributed by atoms with Gasteiger partial charge in [0.1, 0.15) is 5.82 Å². The van der Waals surface area contributed by atoms with Gasteiger partial charge < -0.3 is 16.0 Å². The normalized spacial score (nSPS) is 10.6. The van der Waals surface area contributed by atoms with E-state index in [0.29, 0.717) is 18.5 Å². The minimum absolute atomic E-state index is 0.245. The van der Waals surface area contributed by atoms with Crippen molar-refractivity contribution in [3.8, 4) is 0 Å². The molecular formula is C22H23FN4O2. The van der Waals surface area contributed by atoms with Crippen LogP contribution in [0.15, 0.2) is 54.7 Å². The Morgan fingerprint density at radius 2 is 1.72 bits per heavy atom.